The van der Waals surface area contributed by atoms with Gasteiger partial charge >= 0.3 is 5.97 Å². The quantitative estimate of drug-likeness (QED) is 0.800. The first-order chi connectivity index (χ1) is 12.6. The molecule has 1 aliphatic carbocycles. The number of ether oxygens (including phenoxy) is 1. The smallest absolute Gasteiger partial charge is 0.307 e. The van der Waals surface area contributed by atoms with Crippen LogP contribution in [0.25, 0.3) is 0 Å². The predicted molar refractivity (Wildman–Crippen MR) is 94.8 cm³/mol. The number of nitrogens with zero attached hydrogens (tertiary/aromatic N) is 1. The Balaban J connectivity index is 1.70. The van der Waals surface area contributed by atoms with Crippen LogP contribution < -0.4 is 5.32 Å². The van der Waals surface area contributed by atoms with Gasteiger partial charge in [0.2, 0.25) is 5.91 Å². The molecule has 3 rings (SSSR count). The molecule has 1 saturated heterocycles. The fourth-order valence-corrected chi connectivity index (χ4v) is 3.29. The molecular formula is C19H22N2O5. The highest BCUT2D eigenvalue weighted by Gasteiger charge is 2.34. The van der Waals surface area contributed by atoms with Gasteiger partial charge in [-0.1, -0.05) is 18.2 Å². The second-order valence-corrected chi connectivity index (χ2v) is 6.47. The molecule has 1 aliphatic heterocycles. The molecule has 0 spiro atoms. The fourth-order valence-electron chi connectivity index (χ4n) is 3.29. The molecule has 7 nitrogen and oxygen atoms in total. The van der Waals surface area contributed by atoms with Crippen LogP contribution in [0.3, 0.4) is 0 Å². The number of amides is 2. The van der Waals surface area contributed by atoms with Gasteiger partial charge in [0.25, 0.3) is 5.91 Å². The van der Waals surface area contributed by atoms with E-state index in [9.17, 15) is 19.5 Å². The van der Waals surface area contributed by atoms with Crippen LogP contribution in [0.5, 0.6) is 0 Å². The Labute approximate surface area is 151 Å². The molecule has 7 heteroatoms. The summed E-state index contributed by atoms with van der Waals surface area (Å²) in [5.74, 6) is -2.74. The normalized spacial score (nSPS) is 22.7. The molecule has 2 atom stereocenters. The summed E-state index contributed by atoms with van der Waals surface area (Å²) >= 11 is 0. The van der Waals surface area contributed by atoms with E-state index < -0.39 is 17.8 Å². The average molecular weight is 358 g/mol. The van der Waals surface area contributed by atoms with E-state index in [0.717, 1.165) is 0 Å². The van der Waals surface area contributed by atoms with E-state index in [1.165, 1.54) is 0 Å². The maximum absolute atomic E-state index is 12.6. The largest absolute Gasteiger partial charge is 0.481 e. The van der Waals surface area contributed by atoms with Gasteiger partial charge in [-0.05, 0) is 31.0 Å². The third-order valence-electron chi connectivity index (χ3n) is 4.76. The van der Waals surface area contributed by atoms with Crippen LogP contribution in [0.1, 0.15) is 23.2 Å². The van der Waals surface area contributed by atoms with E-state index >= 15 is 0 Å². The maximum atomic E-state index is 12.6. The summed E-state index contributed by atoms with van der Waals surface area (Å²) in [7, 11) is 0. The Hall–Kier alpha value is -2.67. The molecule has 26 heavy (non-hydrogen) atoms. The van der Waals surface area contributed by atoms with Gasteiger partial charge in [-0.15, -0.1) is 0 Å². The highest BCUT2D eigenvalue weighted by molar-refractivity contribution is 5.98. The van der Waals surface area contributed by atoms with Crippen molar-refractivity contribution in [3.8, 4) is 0 Å². The molecule has 2 amide bonds. The number of hydrogen-bond acceptors (Lipinski definition) is 4. The van der Waals surface area contributed by atoms with Crippen molar-refractivity contribution in [2.75, 3.05) is 31.6 Å². The fraction of sp³-hybridized carbons (Fsp3) is 0.421. The van der Waals surface area contributed by atoms with Crippen molar-refractivity contribution in [2.24, 2.45) is 11.8 Å². The third kappa shape index (κ3) is 4.11. The van der Waals surface area contributed by atoms with Gasteiger partial charge in [-0.3, -0.25) is 14.4 Å². The summed E-state index contributed by atoms with van der Waals surface area (Å²) in [6, 6.07) is 6.74. The second-order valence-electron chi connectivity index (χ2n) is 6.47. The zero-order valence-corrected chi connectivity index (χ0v) is 14.4. The van der Waals surface area contributed by atoms with Gasteiger partial charge < -0.3 is 20.1 Å². The summed E-state index contributed by atoms with van der Waals surface area (Å²) in [5, 5.41) is 12.1. The lowest BCUT2D eigenvalue weighted by Crippen LogP contribution is -2.40. The van der Waals surface area contributed by atoms with Crippen LogP contribution in [0.15, 0.2) is 36.4 Å². The first-order valence-corrected chi connectivity index (χ1v) is 8.72. The molecule has 0 saturated carbocycles. The van der Waals surface area contributed by atoms with Crippen LogP contribution in [-0.2, 0) is 14.3 Å². The van der Waals surface area contributed by atoms with Gasteiger partial charge in [0.05, 0.1) is 25.0 Å². The van der Waals surface area contributed by atoms with Crippen LogP contribution in [-0.4, -0.2) is 54.1 Å². The average Bonchev–Trinajstić information content (AvgIpc) is 2.68. The minimum atomic E-state index is -0.967. The molecule has 138 valence electrons. The topological polar surface area (TPSA) is 95.9 Å². The number of aliphatic carboxylic acids is 1. The van der Waals surface area contributed by atoms with Gasteiger partial charge in [-0.2, -0.15) is 0 Å². The minimum absolute atomic E-state index is 0.103. The molecule has 0 aromatic heterocycles. The number of nitrogens with one attached hydrogen (secondary N) is 1. The molecule has 1 heterocycles. The Kier molecular flexibility index (Phi) is 5.68. The first-order valence-electron chi connectivity index (χ1n) is 8.72. The highest BCUT2D eigenvalue weighted by Crippen LogP contribution is 2.27. The monoisotopic (exact) mass is 358 g/mol. The minimum Gasteiger partial charge on any atom is -0.481 e. The number of morpholine rings is 1. The van der Waals surface area contributed by atoms with Crippen molar-refractivity contribution in [1.29, 1.82) is 0 Å². The molecule has 0 bridgehead atoms. The lowest BCUT2D eigenvalue weighted by molar-refractivity contribution is -0.146. The first kappa shape index (κ1) is 18.1. The molecular weight excluding hydrogens is 336 g/mol. The SMILES string of the molecule is O=C(O)C1CC=CCC1C(=O)Nc1cccc(C(=O)N2CCOCC2)c1. The Morgan fingerprint density at radius 3 is 2.46 bits per heavy atom. The van der Waals surface area contributed by atoms with Crippen molar-refractivity contribution in [2.45, 2.75) is 12.8 Å². The molecule has 2 aliphatic rings. The van der Waals surface area contributed by atoms with Crippen LogP contribution in [0.4, 0.5) is 5.69 Å². The number of benzene rings is 1. The van der Waals surface area contributed by atoms with E-state index in [1.807, 2.05) is 6.08 Å². The van der Waals surface area contributed by atoms with Gasteiger partial charge in [0.1, 0.15) is 0 Å². The number of carbonyl (C=O) groups excluding carboxylic acids is 2. The lowest BCUT2D eigenvalue weighted by Gasteiger charge is -2.27. The third-order valence-corrected chi connectivity index (χ3v) is 4.76. The summed E-state index contributed by atoms with van der Waals surface area (Å²) in [4.78, 5) is 38.2. The zero-order chi connectivity index (χ0) is 18.5. The Bertz CT molecular complexity index is 724. The maximum Gasteiger partial charge on any atom is 0.307 e. The molecule has 2 N–H and O–H groups in total. The van der Waals surface area contributed by atoms with Crippen molar-refractivity contribution in [3.05, 3.63) is 42.0 Å². The Morgan fingerprint density at radius 2 is 1.77 bits per heavy atom. The highest BCUT2D eigenvalue weighted by atomic mass is 16.5. The molecule has 1 aromatic rings. The second kappa shape index (κ2) is 8.14. The van der Waals surface area contributed by atoms with Crippen molar-refractivity contribution in [1.82, 2.24) is 4.90 Å². The number of anilines is 1. The van der Waals surface area contributed by atoms with E-state index in [1.54, 1.807) is 35.2 Å². The summed E-state index contributed by atoms with van der Waals surface area (Å²) in [5.41, 5.74) is 0.982. The summed E-state index contributed by atoms with van der Waals surface area (Å²) in [6.07, 6.45) is 4.38. The van der Waals surface area contributed by atoms with Crippen LogP contribution >= 0.6 is 0 Å². The van der Waals surface area contributed by atoms with E-state index in [-0.39, 0.29) is 11.8 Å². The van der Waals surface area contributed by atoms with Crippen molar-refractivity contribution in [3.63, 3.8) is 0 Å². The van der Waals surface area contributed by atoms with E-state index in [4.69, 9.17) is 4.74 Å². The van der Waals surface area contributed by atoms with E-state index in [2.05, 4.69) is 5.32 Å². The van der Waals surface area contributed by atoms with E-state index in [0.29, 0.717) is 50.4 Å². The summed E-state index contributed by atoms with van der Waals surface area (Å²) < 4.78 is 5.25. The van der Waals surface area contributed by atoms with Crippen molar-refractivity contribution >= 4 is 23.5 Å². The number of carboxylic acids is 1. The number of carboxylic acid groups (broad SMARTS) is 1. The summed E-state index contributed by atoms with van der Waals surface area (Å²) in [6.45, 7) is 2.14. The number of carbonyl (C=O) groups is 3. The number of allylic oxidation sites excluding steroid dienone is 2. The van der Waals surface area contributed by atoms with Gasteiger partial charge in [0.15, 0.2) is 0 Å². The van der Waals surface area contributed by atoms with Crippen LogP contribution in [0.2, 0.25) is 0 Å². The van der Waals surface area contributed by atoms with Gasteiger partial charge in [0, 0.05) is 24.3 Å². The predicted octanol–water partition coefficient (Wildman–Crippen LogP) is 1.76. The number of rotatable bonds is 4. The standard InChI is InChI=1S/C19H22N2O5/c22-17(15-6-1-2-7-16(15)19(24)25)20-14-5-3-4-13(12-14)18(23)21-8-10-26-11-9-21/h1-5,12,15-16H,6-11H2,(H,20,22)(H,24,25). The van der Waals surface area contributed by atoms with Gasteiger partial charge in [-0.25, -0.2) is 0 Å². The zero-order valence-electron chi connectivity index (χ0n) is 14.4. The molecule has 0 radical (unpaired) electrons. The molecule has 2 unspecified atom stereocenters. The molecule has 1 aromatic carbocycles. The Morgan fingerprint density at radius 1 is 1.08 bits per heavy atom. The molecule has 1 fully saturated rings. The van der Waals surface area contributed by atoms with Crippen LogP contribution in [0, 0.1) is 11.8 Å². The lowest BCUT2D eigenvalue weighted by atomic mass is 9.82. The number of hydrogen-bond donors (Lipinski definition) is 2. The van der Waals surface area contributed by atoms with Crippen molar-refractivity contribution < 1.29 is 24.2 Å².